The third-order valence-electron chi connectivity index (χ3n) is 3.96. The maximum atomic E-state index is 11.4. The molecule has 144 valence electrons. The van der Waals surface area contributed by atoms with Crippen molar-refractivity contribution in [3.8, 4) is 5.75 Å². The van der Waals surface area contributed by atoms with E-state index in [-0.39, 0.29) is 5.69 Å². The Labute approximate surface area is 166 Å². The van der Waals surface area contributed by atoms with Crippen LogP contribution in [0.15, 0.2) is 58.5 Å². The summed E-state index contributed by atoms with van der Waals surface area (Å²) in [6.45, 7) is 2.22. The number of rotatable bonds is 7. The molecule has 0 aliphatic carbocycles. The number of aryl methyl sites for hydroxylation is 1. The molecule has 0 unspecified atom stereocenters. The first kappa shape index (κ1) is 19.4. The Morgan fingerprint density at radius 2 is 2.04 bits per heavy atom. The van der Waals surface area contributed by atoms with Crippen LogP contribution in [-0.2, 0) is 6.54 Å². The van der Waals surface area contributed by atoms with E-state index in [4.69, 9.17) is 10.5 Å². The van der Waals surface area contributed by atoms with Crippen molar-refractivity contribution in [3.63, 3.8) is 0 Å². The highest BCUT2D eigenvalue weighted by atomic mass is 32.2. The van der Waals surface area contributed by atoms with Crippen LogP contribution in [0.5, 0.6) is 5.75 Å². The molecule has 8 nitrogen and oxygen atoms in total. The number of hydrogen-bond donors (Lipinski definition) is 2. The Bertz CT molecular complexity index is 1010. The highest BCUT2D eigenvalue weighted by Crippen LogP contribution is 2.40. The molecule has 0 spiro atoms. The first-order valence-corrected chi connectivity index (χ1v) is 9.20. The molecule has 0 saturated heterocycles. The monoisotopic (exact) mass is 397 g/mol. The highest BCUT2D eigenvalue weighted by Gasteiger charge is 2.17. The molecule has 3 rings (SSSR count). The zero-order valence-electron chi connectivity index (χ0n) is 15.4. The molecule has 0 aliphatic rings. The summed E-state index contributed by atoms with van der Waals surface area (Å²) in [7, 11) is 1.48. The lowest BCUT2D eigenvalue weighted by molar-refractivity contribution is -0.387. The quantitative estimate of drug-likeness (QED) is 0.453. The first-order valence-electron chi connectivity index (χ1n) is 8.39. The molecule has 0 bridgehead atoms. The van der Waals surface area contributed by atoms with Gasteiger partial charge in [-0.3, -0.25) is 10.1 Å². The van der Waals surface area contributed by atoms with Gasteiger partial charge in [0.15, 0.2) is 0 Å². The van der Waals surface area contributed by atoms with E-state index in [1.807, 2.05) is 24.3 Å². The van der Waals surface area contributed by atoms with Crippen LogP contribution in [0.4, 0.5) is 17.2 Å². The summed E-state index contributed by atoms with van der Waals surface area (Å²) in [5.41, 5.74) is 7.55. The third kappa shape index (κ3) is 4.49. The lowest BCUT2D eigenvalue weighted by Gasteiger charge is -2.13. The van der Waals surface area contributed by atoms with Crippen molar-refractivity contribution in [2.75, 3.05) is 18.2 Å². The number of hydrogen-bond acceptors (Lipinski definition) is 8. The Kier molecular flexibility index (Phi) is 5.95. The molecule has 9 heteroatoms. The molecule has 3 N–H and O–H groups in total. The molecule has 0 amide bonds. The topological polar surface area (TPSA) is 116 Å². The van der Waals surface area contributed by atoms with Crippen LogP contribution in [0.1, 0.15) is 11.4 Å². The van der Waals surface area contributed by atoms with Gasteiger partial charge in [0.1, 0.15) is 17.4 Å². The number of nitro groups is 1. The molecule has 3 aromatic rings. The van der Waals surface area contributed by atoms with E-state index in [2.05, 4.69) is 15.3 Å². The standard InChI is InChI=1S/C19H19N5O3S/c1-12-21-10-13(19(20)23-12)11-22-15-5-3-4-6-17(15)28-18-8-7-14(27-2)9-16(18)24(25)26/h3-10,22H,11H2,1-2H3,(H2,20,21,23). The molecular formula is C19H19N5O3S. The van der Waals surface area contributed by atoms with Crippen LogP contribution < -0.4 is 15.8 Å². The number of nitro benzene ring substituents is 1. The first-order chi connectivity index (χ1) is 13.5. The fourth-order valence-corrected chi connectivity index (χ4v) is 3.52. The minimum absolute atomic E-state index is 0.00432. The van der Waals surface area contributed by atoms with Gasteiger partial charge < -0.3 is 15.8 Å². The van der Waals surface area contributed by atoms with E-state index in [1.165, 1.54) is 24.9 Å². The highest BCUT2D eigenvalue weighted by molar-refractivity contribution is 7.99. The summed E-state index contributed by atoms with van der Waals surface area (Å²) in [6.07, 6.45) is 1.69. The van der Waals surface area contributed by atoms with Crippen molar-refractivity contribution in [1.82, 2.24) is 9.97 Å². The minimum atomic E-state index is -0.411. The smallest absolute Gasteiger partial charge is 0.286 e. The molecule has 1 aromatic heterocycles. The van der Waals surface area contributed by atoms with E-state index < -0.39 is 4.92 Å². The number of nitrogen functional groups attached to an aromatic ring is 1. The fourth-order valence-electron chi connectivity index (χ4n) is 2.51. The second kappa shape index (κ2) is 8.57. The molecule has 28 heavy (non-hydrogen) atoms. The number of nitrogens with zero attached hydrogens (tertiary/aromatic N) is 3. The number of aromatic nitrogens is 2. The van der Waals surface area contributed by atoms with E-state index in [0.717, 1.165) is 16.1 Å². The molecule has 0 fully saturated rings. The molecule has 0 saturated carbocycles. The lowest BCUT2D eigenvalue weighted by atomic mass is 10.2. The van der Waals surface area contributed by atoms with Gasteiger partial charge in [0, 0.05) is 28.9 Å². The average Bonchev–Trinajstić information content (AvgIpc) is 2.68. The molecule has 2 aromatic carbocycles. The summed E-state index contributed by atoms with van der Waals surface area (Å²) in [4.78, 5) is 20.7. The average molecular weight is 397 g/mol. The van der Waals surface area contributed by atoms with Gasteiger partial charge in [0.25, 0.3) is 5.69 Å². The molecule has 0 aliphatic heterocycles. The normalized spacial score (nSPS) is 10.5. The summed E-state index contributed by atoms with van der Waals surface area (Å²) in [6, 6.07) is 12.4. The van der Waals surface area contributed by atoms with Crippen LogP contribution in [0, 0.1) is 17.0 Å². The number of para-hydroxylation sites is 1. The van der Waals surface area contributed by atoms with Gasteiger partial charge in [-0.05, 0) is 31.2 Å². The summed E-state index contributed by atoms with van der Waals surface area (Å²) in [5, 5.41) is 14.7. The van der Waals surface area contributed by atoms with Gasteiger partial charge in [-0.1, -0.05) is 23.9 Å². The number of ether oxygens (including phenoxy) is 1. The van der Waals surface area contributed by atoms with E-state index >= 15 is 0 Å². The second-order valence-corrected chi connectivity index (χ2v) is 6.95. The molecule has 0 radical (unpaired) electrons. The number of anilines is 2. The number of methoxy groups -OCH3 is 1. The summed E-state index contributed by atoms with van der Waals surface area (Å²) < 4.78 is 5.09. The van der Waals surface area contributed by atoms with Crippen LogP contribution in [0.3, 0.4) is 0 Å². The number of nitrogens with two attached hydrogens (primary N) is 1. The molecule has 0 atom stereocenters. The minimum Gasteiger partial charge on any atom is -0.497 e. The SMILES string of the molecule is COc1ccc(Sc2ccccc2NCc2cnc(C)nc2N)c([N+](=O)[O-])c1. The van der Waals surface area contributed by atoms with E-state index in [1.54, 1.807) is 25.3 Å². The lowest BCUT2D eigenvalue weighted by Crippen LogP contribution is -2.07. The van der Waals surface area contributed by atoms with Crippen molar-refractivity contribution < 1.29 is 9.66 Å². The van der Waals surface area contributed by atoms with Crippen molar-refractivity contribution in [1.29, 1.82) is 0 Å². The predicted octanol–water partition coefficient (Wildman–Crippen LogP) is 4.05. The van der Waals surface area contributed by atoms with Gasteiger partial charge in [-0.25, -0.2) is 9.97 Å². The van der Waals surface area contributed by atoms with Crippen LogP contribution >= 0.6 is 11.8 Å². The third-order valence-corrected chi connectivity index (χ3v) is 5.10. The van der Waals surface area contributed by atoms with E-state index in [0.29, 0.717) is 28.8 Å². The van der Waals surface area contributed by atoms with Crippen molar-refractivity contribution in [2.45, 2.75) is 23.3 Å². The van der Waals surface area contributed by atoms with E-state index in [9.17, 15) is 10.1 Å². The van der Waals surface area contributed by atoms with Gasteiger partial charge in [0.05, 0.1) is 23.0 Å². The molecule has 1 heterocycles. The second-order valence-electron chi connectivity index (χ2n) is 5.87. The van der Waals surface area contributed by atoms with Crippen LogP contribution in [-0.4, -0.2) is 22.0 Å². The summed E-state index contributed by atoms with van der Waals surface area (Å²) >= 11 is 1.31. The number of benzene rings is 2. The van der Waals surface area contributed by atoms with Crippen molar-refractivity contribution in [2.24, 2.45) is 0 Å². The van der Waals surface area contributed by atoms with Crippen LogP contribution in [0.25, 0.3) is 0 Å². The predicted molar refractivity (Wildman–Crippen MR) is 109 cm³/mol. The fraction of sp³-hybridized carbons (Fsp3) is 0.158. The Morgan fingerprint density at radius 3 is 2.75 bits per heavy atom. The number of nitrogens with one attached hydrogen (secondary N) is 1. The van der Waals surface area contributed by atoms with Gasteiger partial charge in [-0.2, -0.15) is 0 Å². The zero-order chi connectivity index (χ0) is 20.1. The molecular weight excluding hydrogens is 378 g/mol. The van der Waals surface area contributed by atoms with Gasteiger partial charge >= 0.3 is 0 Å². The van der Waals surface area contributed by atoms with Crippen molar-refractivity contribution >= 4 is 29.0 Å². The van der Waals surface area contributed by atoms with Gasteiger partial charge in [0.2, 0.25) is 0 Å². The Hall–Kier alpha value is -3.33. The summed E-state index contributed by atoms with van der Waals surface area (Å²) in [5.74, 6) is 1.48. The largest absolute Gasteiger partial charge is 0.497 e. The maximum absolute atomic E-state index is 11.4. The maximum Gasteiger partial charge on any atom is 0.286 e. The van der Waals surface area contributed by atoms with Crippen LogP contribution in [0.2, 0.25) is 0 Å². The Morgan fingerprint density at radius 1 is 1.25 bits per heavy atom. The Balaban J connectivity index is 1.84. The van der Waals surface area contributed by atoms with Gasteiger partial charge in [-0.15, -0.1) is 0 Å². The zero-order valence-corrected chi connectivity index (χ0v) is 16.2. The van der Waals surface area contributed by atoms with Crippen molar-refractivity contribution in [3.05, 3.63) is 70.2 Å².